The lowest BCUT2D eigenvalue weighted by molar-refractivity contribution is -0.137. The predicted octanol–water partition coefficient (Wildman–Crippen LogP) is 1.86. The molecule has 0 radical (unpaired) electrons. The summed E-state index contributed by atoms with van der Waals surface area (Å²) in [5.41, 5.74) is 0.926. The first-order valence-corrected chi connectivity index (χ1v) is 9.65. The van der Waals surface area contributed by atoms with Gasteiger partial charge in [0.05, 0.1) is 0 Å². The third-order valence-corrected chi connectivity index (χ3v) is 6.08. The standard InChI is InChI=1S/C20H27N3O3/c24-19(9-21-20(25)26-14-15-5-2-1-3-6-15)23-12-18(13-23)22-10-16-7-4-8-17(16)11-22/h1-3,5-6,16-18H,4,7-14H2,(H,21,25). The van der Waals surface area contributed by atoms with Crippen LogP contribution in [0.1, 0.15) is 24.8 Å². The van der Waals surface area contributed by atoms with Crippen LogP contribution in [0, 0.1) is 11.8 Å². The van der Waals surface area contributed by atoms with Gasteiger partial charge < -0.3 is 15.0 Å². The van der Waals surface area contributed by atoms with Crippen LogP contribution in [0.2, 0.25) is 0 Å². The van der Waals surface area contributed by atoms with Crippen molar-refractivity contribution in [2.45, 2.75) is 31.9 Å². The Balaban J connectivity index is 1.12. The lowest BCUT2D eigenvalue weighted by Gasteiger charge is -2.44. The average Bonchev–Trinajstić information content (AvgIpc) is 3.19. The first kappa shape index (κ1) is 17.3. The third-order valence-electron chi connectivity index (χ3n) is 6.08. The smallest absolute Gasteiger partial charge is 0.407 e. The van der Waals surface area contributed by atoms with E-state index in [9.17, 15) is 9.59 Å². The van der Waals surface area contributed by atoms with Crippen LogP contribution in [0.5, 0.6) is 0 Å². The van der Waals surface area contributed by atoms with E-state index >= 15 is 0 Å². The molecule has 3 fully saturated rings. The van der Waals surface area contributed by atoms with Crippen molar-refractivity contribution in [3.05, 3.63) is 35.9 Å². The van der Waals surface area contributed by atoms with Gasteiger partial charge in [-0.05, 0) is 30.2 Å². The Morgan fingerprint density at radius 3 is 2.42 bits per heavy atom. The number of ether oxygens (including phenoxy) is 1. The molecule has 6 heteroatoms. The van der Waals surface area contributed by atoms with E-state index in [1.54, 1.807) is 0 Å². The van der Waals surface area contributed by atoms with Crippen LogP contribution in [0.25, 0.3) is 0 Å². The molecule has 2 aliphatic heterocycles. The normalized spacial score (nSPS) is 25.6. The van der Waals surface area contributed by atoms with Gasteiger partial charge >= 0.3 is 6.09 Å². The van der Waals surface area contributed by atoms with E-state index in [1.165, 1.54) is 32.4 Å². The number of carbonyl (C=O) groups excluding carboxylic acids is 2. The molecule has 26 heavy (non-hydrogen) atoms. The molecule has 0 bridgehead atoms. The highest BCUT2D eigenvalue weighted by atomic mass is 16.5. The molecule has 4 rings (SSSR count). The Hall–Kier alpha value is -2.08. The largest absolute Gasteiger partial charge is 0.445 e. The van der Waals surface area contributed by atoms with Crippen molar-refractivity contribution in [1.82, 2.24) is 15.1 Å². The van der Waals surface area contributed by atoms with Crippen molar-refractivity contribution in [3.63, 3.8) is 0 Å². The third kappa shape index (κ3) is 3.85. The van der Waals surface area contributed by atoms with E-state index in [4.69, 9.17) is 4.74 Å². The Labute approximate surface area is 154 Å². The Morgan fingerprint density at radius 1 is 1.04 bits per heavy atom. The summed E-state index contributed by atoms with van der Waals surface area (Å²) in [7, 11) is 0. The molecule has 2 unspecified atom stereocenters. The SMILES string of the molecule is O=C(NCC(=O)N1CC(N2CC3CCCC3C2)C1)OCc1ccccc1. The zero-order valence-corrected chi connectivity index (χ0v) is 15.1. The Morgan fingerprint density at radius 2 is 1.73 bits per heavy atom. The lowest BCUT2D eigenvalue weighted by Crippen LogP contribution is -2.62. The van der Waals surface area contributed by atoms with Gasteiger partial charge in [0, 0.05) is 32.2 Å². The van der Waals surface area contributed by atoms with Crippen molar-refractivity contribution in [1.29, 1.82) is 0 Å². The number of hydrogen-bond donors (Lipinski definition) is 1. The molecular weight excluding hydrogens is 330 g/mol. The van der Waals surface area contributed by atoms with Crippen LogP contribution < -0.4 is 5.32 Å². The fourth-order valence-corrected chi connectivity index (χ4v) is 4.49. The monoisotopic (exact) mass is 357 g/mol. The maximum absolute atomic E-state index is 12.2. The molecule has 3 aliphatic rings. The van der Waals surface area contributed by atoms with Gasteiger partial charge in [0.25, 0.3) is 0 Å². The quantitative estimate of drug-likeness (QED) is 0.874. The van der Waals surface area contributed by atoms with Gasteiger partial charge in [0.1, 0.15) is 13.2 Å². The Kier molecular flexibility index (Phi) is 5.11. The highest BCUT2D eigenvalue weighted by Crippen LogP contribution is 2.39. The number of nitrogens with one attached hydrogen (secondary N) is 1. The number of amides is 2. The molecule has 2 atom stereocenters. The highest BCUT2D eigenvalue weighted by Gasteiger charge is 2.42. The van der Waals surface area contributed by atoms with Crippen molar-refractivity contribution >= 4 is 12.0 Å². The van der Waals surface area contributed by atoms with Crippen molar-refractivity contribution in [2.75, 3.05) is 32.7 Å². The van der Waals surface area contributed by atoms with Crippen molar-refractivity contribution < 1.29 is 14.3 Å². The molecule has 0 spiro atoms. The summed E-state index contributed by atoms with van der Waals surface area (Å²) in [6.45, 7) is 4.22. The second kappa shape index (κ2) is 7.66. The van der Waals surface area contributed by atoms with E-state index in [0.717, 1.165) is 30.5 Å². The number of carbonyl (C=O) groups is 2. The molecule has 2 amide bonds. The molecule has 2 heterocycles. The van der Waals surface area contributed by atoms with E-state index in [0.29, 0.717) is 6.04 Å². The molecule has 0 aromatic heterocycles. The fraction of sp³-hybridized carbons (Fsp3) is 0.600. The minimum atomic E-state index is -0.549. The zero-order chi connectivity index (χ0) is 17.9. The van der Waals surface area contributed by atoms with Gasteiger partial charge in [-0.2, -0.15) is 0 Å². The summed E-state index contributed by atoms with van der Waals surface area (Å²) in [5, 5.41) is 2.55. The van der Waals surface area contributed by atoms with E-state index < -0.39 is 6.09 Å². The molecule has 1 aromatic rings. The summed E-state index contributed by atoms with van der Waals surface area (Å²) < 4.78 is 5.13. The number of fused-ring (bicyclic) bond motifs is 1. The number of alkyl carbamates (subject to hydrolysis) is 1. The highest BCUT2D eigenvalue weighted by molar-refractivity contribution is 5.82. The van der Waals surface area contributed by atoms with Gasteiger partial charge in [0.15, 0.2) is 0 Å². The summed E-state index contributed by atoms with van der Waals surface area (Å²) >= 11 is 0. The maximum atomic E-state index is 12.2. The minimum Gasteiger partial charge on any atom is -0.445 e. The van der Waals surface area contributed by atoms with Crippen molar-refractivity contribution in [3.8, 4) is 0 Å². The molecule has 2 saturated heterocycles. The lowest BCUT2D eigenvalue weighted by atomic mass is 10.0. The first-order chi connectivity index (χ1) is 12.7. The van der Waals surface area contributed by atoms with Crippen LogP contribution in [-0.2, 0) is 16.1 Å². The van der Waals surface area contributed by atoms with Crippen LogP contribution in [0.3, 0.4) is 0 Å². The van der Waals surface area contributed by atoms with Crippen molar-refractivity contribution in [2.24, 2.45) is 11.8 Å². The number of benzene rings is 1. The number of nitrogens with zero attached hydrogens (tertiary/aromatic N) is 2. The zero-order valence-electron chi connectivity index (χ0n) is 15.1. The summed E-state index contributed by atoms with van der Waals surface area (Å²) in [5.74, 6) is 1.75. The average molecular weight is 357 g/mol. The maximum Gasteiger partial charge on any atom is 0.407 e. The van der Waals surface area contributed by atoms with E-state index in [2.05, 4.69) is 10.2 Å². The Bertz CT molecular complexity index is 633. The second-order valence-electron chi connectivity index (χ2n) is 7.77. The van der Waals surface area contributed by atoms with Gasteiger partial charge in [-0.15, -0.1) is 0 Å². The van der Waals surface area contributed by atoms with Gasteiger partial charge in [0.2, 0.25) is 5.91 Å². The summed E-state index contributed by atoms with van der Waals surface area (Å²) in [4.78, 5) is 28.3. The number of hydrogen-bond acceptors (Lipinski definition) is 4. The molecule has 6 nitrogen and oxygen atoms in total. The van der Waals surface area contributed by atoms with Crippen LogP contribution >= 0.6 is 0 Å². The number of rotatable bonds is 5. The van der Waals surface area contributed by atoms with Crippen LogP contribution in [0.15, 0.2) is 30.3 Å². The van der Waals surface area contributed by atoms with E-state index in [-0.39, 0.29) is 19.1 Å². The topological polar surface area (TPSA) is 61.9 Å². The summed E-state index contributed by atoms with van der Waals surface area (Å²) in [6.07, 6.45) is 3.60. The molecule has 1 aromatic carbocycles. The fourth-order valence-electron chi connectivity index (χ4n) is 4.49. The molecule has 140 valence electrons. The van der Waals surface area contributed by atoms with Gasteiger partial charge in [-0.3, -0.25) is 9.69 Å². The van der Waals surface area contributed by atoms with Gasteiger partial charge in [-0.1, -0.05) is 36.8 Å². The van der Waals surface area contributed by atoms with Crippen LogP contribution in [-0.4, -0.2) is 60.6 Å². The van der Waals surface area contributed by atoms with Crippen LogP contribution in [0.4, 0.5) is 4.79 Å². The van der Waals surface area contributed by atoms with Gasteiger partial charge in [-0.25, -0.2) is 4.79 Å². The van der Waals surface area contributed by atoms with E-state index in [1.807, 2.05) is 35.2 Å². The molecule has 1 aliphatic carbocycles. The minimum absolute atomic E-state index is 0.00555. The predicted molar refractivity (Wildman–Crippen MR) is 97.4 cm³/mol. The summed E-state index contributed by atoms with van der Waals surface area (Å²) in [6, 6.07) is 10.0. The number of likely N-dealkylation sites (tertiary alicyclic amines) is 2. The molecule has 1 N–H and O–H groups in total. The molecular formula is C20H27N3O3. The second-order valence-corrected chi connectivity index (χ2v) is 7.77. The first-order valence-electron chi connectivity index (χ1n) is 9.65. The molecule has 1 saturated carbocycles.